The molecule has 3 aliphatic heterocycles. The summed E-state index contributed by atoms with van der Waals surface area (Å²) >= 11 is 0. The van der Waals surface area contributed by atoms with Crippen molar-refractivity contribution in [1.82, 2.24) is 0 Å². The van der Waals surface area contributed by atoms with Crippen molar-refractivity contribution in [3.8, 4) is 0 Å². The van der Waals surface area contributed by atoms with Gasteiger partial charge in [-0.15, -0.1) is 0 Å². The molecule has 9 heteroatoms. The largest absolute Gasteiger partial charge is 0.364 e. The number of non-ortho nitro benzene ring substituents is 1. The van der Waals surface area contributed by atoms with Crippen LogP contribution in [0.5, 0.6) is 0 Å². The first-order valence-corrected chi connectivity index (χ1v) is 9.45. The molecule has 3 heterocycles. The summed E-state index contributed by atoms with van der Waals surface area (Å²) in [4.78, 5) is 51.3. The number of hydrogen-bond acceptors (Lipinski definition) is 5. The van der Waals surface area contributed by atoms with E-state index in [4.69, 9.17) is 5.73 Å². The van der Waals surface area contributed by atoms with Crippen LogP contribution in [0.1, 0.15) is 17.2 Å². The lowest BCUT2D eigenvalue weighted by Crippen LogP contribution is -3.12. The lowest BCUT2D eigenvalue weighted by molar-refractivity contribution is -0.884. The standard InChI is InChI=1S/C21H16N4O5/c22-19(26)18-16-15(17-14-7-2-1-4-11(14)8-9-23(17)18)20(27)24(21(16)28)12-5-3-6-13(10-12)25(29)30/h1-10,15-18H,(H2,22,26)/p+1/t15-,16+,17+,18-/m0/s1. The number of anilines is 1. The number of quaternary nitrogens is 1. The van der Waals surface area contributed by atoms with Crippen molar-refractivity contribution in [2.45, 2.75) is 12.1 Å². The molecule has 5 rings (SSSR count). The molecule has 2 aromatic rings. The monoisotopic (exact) mass is 405 g/mol. The first-order chi connectivity index (χ1) is 14.4. The lowest BCUT2D eigenvalue weighted by atomic mass is 9.84. The van der Waals surface area contributed by atoms with Gasteiger partial charge >= 0.3 is 0 Å². The number of fused-ring (bicyclic) bond motifs is 5. The second-order valence-electron chi connectivity index (χ2n) is 7.66. The highest BCUT2D eigenvalue weighted by Crippen LogP contribution is 2.44. The summed E-state index contributed by atoms with van der Waals surface area (Å²) in [7, 11) is 0. The number of primary amides is 1. The summed E-state index contributed by atoms with van der Waals surface area (Å²) in [6.45, 7) is 0. The van der Waals surface area contributed by atoms with E-state index < -0.39 is 46.6 Å². The quantitative estimate of drug-likeness (QED) is 0.428. The zero-order valence-corrected chi connectivity index (χ0v) is 15.6. The van der Waals surface area contributed by atoms with E-state index in [0.717, 1.165) is 16.0 Å². The van der Waals surface area contributed by atoms with E-state index in [1.165, 1.54) is 24.3 Å². The van der Waals surface area contributed by atoms with Crippen molar-refractivity contribution in [3.05, 3.63) is 76.0 Å². The number of carbonyl (C=O) groups is 3. The van der Waals surface area contributed by atoms with Crippen LogP contribution in [-0.4, -0.2) is 28.7 Å². The third-order valence-corrected chi connectivity index (χ3v) is 6.23. The van der Waals surface area contributed by atoms with Crippen LogP contribution in [-0.2, 0) is 14.4 Å². The van der Waals surface area contributed by atoms with Crippen LogP contribution in [0.3, 0.4) is 0 Å². The van der Waals surface area contributed by atoms with Crippen molar-refractivity contribution in [2.75, 3.05) is 4.90 Å². The molecule has 0 aromatic heterocycles. The van der Waals surface area contributed by atoms with E-state index in [0.29, 0.717) is 4.90 Å². The van der Waals surface area contributed by atoms with E-state index in [2.05, 4.69) is 0 Å². The molecule has 0 spiro atoms. The second-order valence-corrected chi connectivity index (χ2v) is 7.66. The van der Waals surface area contributed by atoms with Crippen molar-refractivity contribution in [1.29, 1.82) is 0 Å². The number of nitrogens with two attached hydrogens (primary N) is 1. The maximum absolute atomic E-state index is 13.5. The topological polar surface area (TPSA) is 128 Å². The molecular formula is C21H17N4O5+. The van der Waals surface area contributed by atoms with Crippen molar-refractivity contribution in [3.63, 3.8) is 0 Å². The number of nitrogens with zero attached hydrogens (tertiary/aromatic N) is 2. The van der Waals surface area contributed by atoms with Gasteiger partial charge in [-0.1, -0.05) is 30.3 Å². The maximum Gasteiger partial charge on any atom is 0.277 e. The number of nitro benzene ring substituents is 1. The van der Waals surface area contributed by atoms with Crippen molar-refractivity contribution >= 4 is 35.2 Å². The third kappa shape index (κ3) is 2.35. The molecular weight excluding hydrogens is 388 g/mol. The first kappa shape index (κ1) is 18.2. The molecule has 3 N–H and O–H groups in total. The number of hydrogen-bond donors (Lipinski definition) is 2. The van der Waals surface area contributed by atoms with Gasteiger partial charge in [0.15, 0.2) is 6.04 Å². The van der Waals surface area contributed by atoms with Gasteiger partial charge in [0.25, 0.3) is 11.6 Å². The van der Waals surface area contributed by atoms with Crippen LogP contribution in [0.4, 0.5) is 11.4 Å². The highest BCUT2D eigenvalue weighted by molar-refractivity contribution is 6.23. The number of rotatable bonds is 3. The molecule has 5 atom stereocenters. The van der Waals surface area contributed by atoms with Gasteiger partial charge in [-0.05, 0) is 17.7 Å². The Balaban J connectivity index is 1.64. The fourth-order valence-corrected chi connectivity index (χ4v) is 5.08. The minimum atomic E-state index is -0.926. The fourth-order valence-electron chi connectivity index (χ4n) is 5.08. The smallest absolute Gasteiger partial charge is 0.277 e. The summed E-state index contributed by atoms with van der Waals surface area (Å²) < 4.78 is 0. The number of amides is 3. The van der Waals surface area contributed by atoms with E-state index >= 15 is 0 Å². The molecule has 0 bridgehead atoms. The fraction of sp³-hybridized carbons (Fsp3) is 0.190. The summed E-state index contributed by atoms with van der Waals surface area (Å²) in [6.07, 6.45) is 3.66. The SMILES string of the molecule is NC(=O)[C@@H]1[C@@H]2C(=O)N(c3cccc([N+](=O)[O-])c3)C(=O)[C@@H]2[C@H]2c3ccccc3C=C[NH+]12. The molecule has 3 aliphatic rings. The Kier molecular flexibility index (Phi) is 3.84. The highest BCUT2D eigenvalue weighted by Gasteiger charge is 2.68. The van der Waals surface area contributed by atoms with E-state index in [-0.39, 0.29) is 11.4 Å². The van der Waals surface area contributed by atoms with E-state index in [9.17, 15) is 24.5 Å². The molecule has 30 heavy (non-hydrogen) atoms. The zero-order valence-electron chi connectivity index (χ0n) is 15.6. The van der Waals surface area contributed by atoms with Gasteiger partial charge in [0.2, 0.25) is 11.8 Å². The Morgan fingerprint density at radius 1 is 1.07 bits per heavy atom. The van der Waals surface area contributed by atoms with Crippen molar-refractivity contribution in [2.24, 2.45) is 17.6 Å². The van der Waals surface area contributed by atoms with Gasteiger partial charge in [-0.25, -0.2) is 4.90 Å². The molecule has 3 amide bonds. The van der Waals surface area contributed by atoms with E-state index in [1.807, 2.05) is 30.3 Å². The average molecular weight is 405 g/mol. The lowest BCUT2D eigenvalue weighted by Gasteiger charge is -2.29. The molecule has 150 valence electrons. The molecule has 1 unspecified atom stereocenters. The van der Waals surface area contributed by atoms with Crippen molar-refractivity contribution < 1.29 is 24.2 Å². The normalized spacial score (nSPS) is 28.8. The third-order valence-electron chi connectivity index (χ3n) is 6.23. The average Bonchev–Trinajstić information content (AvgIpc) is 3.21. The number of imide groups is 1. The predicted molar refractivity (Wildman–Crippen MR) is 105 cm³/mol. The van der Waals surface area contributed by atoms with Gasteiger partial charge in [-0.2, -0.15) is 0 Å². The minimum Gasteiger partial charge on any atom is -0.364 e. The molecule has 0 saturated carbocycles. The zero-order chi connectivity index (χ0) is 21.2. The summed E-state index contributed by atoms with van der Waals surface area (Å²) in [5.41, 5.74) is 7.36. The van der Waals surface area contributed by atoms with Crippen LogP contribution in [0.25, 0.3) is 6.08 Å². The number of nitrogens with one attached hydrogen (secondary N) is 1. The number of nitro groups is 1. The van der Waals surface area contributed by atoms with Crippen LogP contribution in [0.15, 0.2) is 54.7 Å². The molecule has 2 aromatic carbocycles. The molecule has 0 radical (unpaired) electrons. The highest BCUT2D eigenvalue weighted by atomic mass is 16.6. The number of carbonyl (C=O) groups excluding carboxylic acids is 3. The molecule has 2 saturated heterocycles. The minimum absolute atomic E-state index is 0.123. The molecule has 9 nitrogen and oxygen atoms in total. The second kappa shape index (κ2) is 6.33. The van der Waals surface area contributed by atoms with Gasteiger partial charge in [0.1, 0.15) is 17.9 Å². The summed E-state index contributed by atoms with van der Waals surface area (Å²) in [5, 5.41) is 11.1. The Hall–Kier alpha value is -3.85. The van der Waals surface area contributed by atoms with Gasteiger partial charge in [0, 0.05) is 17.7 Å². The predicted octanol–water partition coefficient (Wildman–Crippen LogP) is 0.178. The van der Waals surface area contributed by atoms with Crippen LogP contribution in [0, 0.1) is 22.0 Å². The van der Waals surface area contributed by atoms with Gasteiger partial charge in [0.05, 0.1) is 16.8 Å². The summed E-state index contributed by atoms with van der Waals surface area (Å²) in [6, 6.07) is 11.6. The Bertz CT molecular complexity index is 1160. The molecule has 0 aliphatic carbocycles. The van der Waals surface area contributed by atoms with Crippen LogP contribution >= 0.6 is 0 Å². The number of benzene rings is 2. The van der Waals surface area contributed by atoms with Gasteiger partial charge in [-0.3, -0.25) is 29.4 Å². The Morgan fingerprint density at radius 3 is 2.53 bits per heavy atom. The maximum atomic E-state index is 13.5. The van der Waals surface area contributed by atoms with E-state index in [1.54, 1.807) is 6.20 Å². The Morgan fingerprint density at radius 2 is 1.80 bits per heavy atom. The van der Waals surface area contributed by atoms with Crippen LogP contribution < -0.4 is 15.5 Å². The Labute approximate surface area is 170 Å². The molecule has 2 fully saturated rings. The summed E-state index contributed by atoms with van der Waals surface area (Å²) in [5.74, 6) is -3.39. The van der Waals surface area contributed by atoms with Gasteiger partial charge < -0.3 is 5.73 Å². The van der Waals surface area contributed by atoms with Crippen LogP contribution in [0.2, 0.25) is 0 Å². The first-order valence-electron chi connectivity index (χ1n) is 9.45.